The lowest BCUT2D eigenvalue weighted by atomic mass is 10.0. The number of rotatable bonds is 4. The molecule has 172 valence electrons. The summed E-state index contributed by atoms with van der Waals surface area (Å²) in [6.45, 7) is 3.60. The molecule has 0 bridgehead atoms. The Bertz CT molecular complexity index is 1440. The first kappa shape index (κ1) is 20.6. The lowest BCUT2D eigenvalue weighted by Gasteiger charge is -2.27. The van der Waals surface area contributed by atoms with Gasteiger partial charge in [-0.1, -0.05) is 12.1 Å². The number of sulfonamides is 1. The van der Waals surface area contributed by atoms with Crippen molar-refractivity contribution in [2.45, 2.75) is 12.5 Å². The number of hydrogen-bond donors (Lipinski definition) is 1. The number of ether oxygens (including phenoxy) is 1. The molecule has 0 radical (unpaired) electrons. The van der Waals surface area contributed by atoms with Gasteiger partial charge in [0.1, 0.15) is 0 Å². The normalized spacial score (nSPS) is 20.3. The number of aromatic amines is 1. The van der Waals surface area contributed by atoms with E-state index in [4.69, 9.17) is 14.7 Å². The summed E-state index contributed by atoms with van der Waals surface area (Å²) in [5.74, 6) is 0.646. The minimum atomic E-state index is -3.24. The molecule has 2 saturated heterocycles. The van der Waals surface area contributed by atoms with E-state index in [1.54, 1.807) is 0 Å². The van der Waals surface area contributed by atoms with Crippen molar-refractivity contribution in [1.29, 1.82) is 0 Å². The van der Waals surface area contributed by atoms with Crippen molar-refractivity contribution >= 4 is 37.9 Å². The largest absolute Gasteiger partial charge is 0.378 e. The third-order valence-corrected chi connectivity index (χ3v) is 7.80. The van der Waals surface area contributed by atoms with Gasteiger partial charge in [0, 0.05) is 48.8 Å². The van der Waals surface area contributed by atoms with Crippen molar-refractivity contribution in [2.24, 2.45) is 0 Å². The first-order valence-corrected chi connectivity index (χ1v) is 12.9. The van der Waals surface area contributed by atoms with Crippen LogP contribution in [-0.2, 0) is 14.8 Å². The van der Waals surface area contributed by atoms with Crippen molar-refractivity contribution in [3.05, 3.63) is 36.7 Å². The molecule has 6 rings (SSSR count). The van der Waals surface area contributed by atoms with Gasteiger partial charge in [-0.05, 0) is 18.6 Å². The van der Waals surface area contributed by atoms with Crippen LogP contribution < -0.4 is 4.90 Å². The van der Waals surface area contributed by atoms with E-state index >= 15 is 0 Å². The number of benzene rings is 1. The van der Waals surface area contributed by atoms with Crippen LogP contribution in [0.4, 0.5) is 5.95 Å². The first-order chi connectivity index (χ1) is 16.0. The molecule has 1 atom stereocenters. The van der Waals surface area contributed by atoms with Crippen LogP contribution in [0.3, 0.4) is 0 Å². The van der Waals surface area contributed by atoms with Gasteiger partial charge in [-0.3, -0.25) is 0 Å². The summed E-state index contributed by atoms with van der Waals surface area (Å²) in [4.78, 5) is 15.3. The second-order valence-electron chi connectivity index (χ2n) is 8.61. The standard InChI is InChI=1S/C22H25N7O3S/c1-33(30,31)28-8-6-15(14-28)29-21-18(13-24-29)20(17-3-2-4-19-16(17)5-7-23-19)25-22(26-21)27-9-11-32-12-10-27/h2-5,7,13,15,23H,6,8-12,14H2,1H3. The second-order valence-corrected chi connectivity index (χ2v) is 10.6. The fourth-order valence-corrected chi connectivity index (χ4v) is 5.67. The zero-order valence-electron chi connectivity index (χ0n) is 18.3. The molecule has 1 N–H and O–H groups in total. The Balaban J connectivity index is 1.52. The highest BCUT2D eigenvalue weighted by Crippen LogP contribution is 2.35. The van der Waals surface area contributed by atoms with Gasteiger partial charge in [-0.25, -0.2) is 18.1 Å². The summed E-state index contributed by atoms with van der Waals surface area (Å²) in [7, 11) is -3.24. The molecule has 5 heterocycles. The molecule has 1 aromatic carbocycles. The molecule has 4 aromatic rings. The summed E-state index contributed by atoms with van der Waals surface area (Å²) in [5, 5.41) is 6.62. The molecule has 0 spiro atoms. The monoisotopic (exact) mass is 467 g/mol. The maximum atomic E-state index is 12.1. The maximum absolute atomic E-state index is 12.1. The Hall–Kier alpha value is -3.02. The number of nitrogens with one attached hydrogen (secondary N) is 1. The zero-order chi connectivity index (χ0) is 22.6. The topological polar surface area (TPSA) is 109 Å². The molecular formula is C22H25N7O3S. The number of anilines is 1. The summed E-state index contributed by atoms with van der Waals surface area (Å²) in [6, 6.07) is 8.11. The van der Waals surface area contributed by atoms with E-state index < -0.39 is 10.0 Å². The molecule has 0 aliphatic carbocycles. The Kier molecular flexibility index (Phi) is 4.86. The van der Waals surface area contributed by atoms with Crippen LogP contribution in [0.5, 0.6) is 0 Å². The van der Waals surface area contributed by atoms with E-state index in [0.29, 0.717) is 38.7 Å². The minimum Gasteiger partial charge on any atom is -0.378 e. The summed E-state index contributed by atoms with van der Waals surface area (Å²) < 4.78 is 33.0. The maximum Gasteiger partial charge on any atom is 0.228 e. The highest BCUT2D eigenvalue weighted by atomic mass is 32.2. The average Bonchev–Trinajstić information content (AvgIpc) is 3.57. The lowest BCUT2D eigenvalue weighted by molar-refractivity contribution is 0.122. The Morgan fingerprint density at radius 2 is 1.94 bits per heavy atom. The summed E-state index contributed by atoms with van der Waals surface area (Å²) >= 11 is 0. The average molecular weight is 468 g/mol. The van der Waals surface area contributed by atoms with Gasteiger partial charge >= 0.3 is 0 Å². The van der Waals surface area contributed by atoms with Gasteiger partial charge in [0.25, 0.3) is 0 Å². The molecular weight excluding hydrogens is 442 g/mol. The molecule has 2 aliphatic rings. The predicted octanol–water partition coefficient (Wildman–Crippen LogP) is 2.02. The molecule has 11 heteroatoms. The van der Waals surface area contributed by atoms with E-state index in [2.05, 4.69) is 27.1 Å². The van der Waals surface area contributed by atoms with Crippen molar-refractivity contribution in [3.63, 3.8) is 0 Å². The molecule has 0 saturated carbocycles. The van der Waals surface area contributed by atoms with Gasteiger partial charge in [0.05, 0.1) is 42.8 Å². The van der Waals surface area contributed by atoms with Crippen LogP contribution >= 0.6 is 0 Å². The number of H-pyrrole nitrogens is 1. The quantitative estimate of drug-likeness (QED) is 0.489. The van der Waals surface area contributed by atoms with Crippen LogP contribution in [0.2, 0.25) is 0 Å². The number of morpholine rings is 1. The van der Waals surface area contributed by atoms with Crippen LogP contribution in [-0.4, -0.2) is 83.1 Å². The number of nitrogens with zero attached hydrogens (tertiary/aromatic N) is 6. The van der Waals surface area contributed by atoms with Crippen LogP contribution in [0.1, 0.15) is 12.5 Å². The van der Waals surface area contributed by atoms with Gasteiger partial charge in [-0.15, -0.1) is 0 Å². The van der Waals surface area contributed by atoms with Crippen molar-refractivity contribution in [3.8, 4) is 11.3 Å². The van der Waals surface area contributed by atoms with Crippen molar-refractivity contribution in [1.82, 2.24) is 29.0 Å². The van der Waals surface area contributed by atoms with E-state index in [1.807, 2.05) is 29.2 Å². The third kappa shape index (κ3) is 3.56. The van der Waals surface area contributed by atoms with E-state index in [1.165, 1.54) is 10.6 Å². The van der Waals surface area contributed by atoms with Crippen LogP contribution in [0.25, 0.3) is 33.2 Å². The van der Waals surface area contributed by atoms with Gasteiger partial charge in [0.2, 0.25) is 16.0 Å². The second kappa shape index (κ2) is 7.79. The molecule has 3 aromatic heterocycles. The first-order valence-electron chi connectivity index (χ1n) is 11.1. The highest BCUT2D eigenvalue weighted by molar-refractivity contribution is 7.88. The fourth-order valence-electron chi connectivity index (χ4n) is 4.79. The zero-order valence-corrected chi connectivity index (χ0v) is 19.1. The number of hydrogen-bond acceptors (Lipinski definition) is 7. The molecule has 2 aliphatic heterocycles. The Morgan fingerprint density at radius 3 is 2.73 bits per heavy atom. The fraction of sp³-hybridized carbons (Fsp3) is 0.409. The van der Waals surface area contributed by atoms with Crippen molar-refractivity contribution in [2.75, 3.05) is 50.5 Å². The third-order valence-electron chi connectivity index (χ3n) is 6.53. The Labute approximate surface area is 191 Å². The molecule has 33 heavy (non-hydrogen) atoms. The smallest absolute Gasteiger partial charge is 0.228 e. The van der Waals surface area contributed by atoms with Gasteiger partial charge in [-0.2, -0.15) is 14.4 Å². The molecule has 2 fully saturated rings. The van der Waals surface area contributed by atoms with Crippen LogP contribution in [0, 0.1) is 0 Å². The van der Waals surface area contributed by atoms with Gasteiger partial charge < -0.3 is 14.6 Å². The van der Waals surface area contributed by atoms with E-state index in [-0.39, 0.29) is 6.04 Å². The van der Waals surface area contributed by atoms with Gasteiger partial charge in [0.15, 0.2) is 5.65 Å². The SMILES string of the molecule is CS(=O)(=O)N1CCC(n2ncc3c(-c4cccc5[nH]ccc45)nc(N4CCOCC4)nc32)C1. The van der Waals surface area contributed by atoms with Crippen LogP contribution in [0.15, 0.2) is 36.7 Å². The predicted molar refractivity (Wildman–Crippen MR) is 126 cm³/mol. The number of aromatic nitrogens is 5. The molecule has 1 unspecified atom stereocenters. The van der Waals surface area contributed by atoms with Crippen molar-refractivity contribution < 1.29 is 13.2 Å². The summed E-state index contributed by atoms with van der Waals surface area (Å²) in [6.07, 6.45) is 5.69. The molecule has 10 nitrogen and oxygen atoms in total. The van der Waals surface area contributed by atoms with E-state index in [0.717, 1.165) is 46.3 Å². The highest BCUT2D eigenvalue weighted by Gasteiger charge is 2.32. The number of fused-ring (bicyclic) bond motifs is 2. The lowest BCUT2D eigenvalue weighted by Crippen LogP contribution is -2.37. The molecule has 0 amide bonds. The summed E-state index contributed by atoms with van der Waals surface area (Å²) in [5.41, 5.74) is 3.61. The Morgan fingerprint density at radius 1 is 1.09 bits per heavy atom. The van der Waals surface area contributed by atoms with E-state index in [9.17, 15) is 8.42 Å². The minimum absolute atomic E-state index is 0.0689.